The predicted molar refractivity (Wildman–Crippen MR) is 80.8 cm³/mol. The van der Waals surface area contributed by atoms with E-state index in [2.05, 4.69) is 50.3 Å². The zero-order valence-electron chi connectivity index (χ0n) is 11.9. The van der Waals surface area contributed by atoms with E-state index in [1.54, 1.807) is 5.56 Å². The highest BCUT2D eigenvalue weighted by Gasteiger charge is 2.24. The van der Waals surface area contributed by atoms with Crippen molar-refractivity contribution in [2.45, 2.75) is 58.3 Å². The Morgan fingerprint density at radius 1 is 0.944 bits per heavy atom. The number of hydrogen-bond donors (Lipinski definition) is 0. The highest BCUT2D eigenvalue weighted by Crippen LogP contribution is 2.39. The molecule has 0 bridgehead atoms. The summed E-state index contributed by atoms with van der Waals surface area (Å²) in [6, 6.07) is 8.97. The minimum atomic E-state index is 0.762. The highest BCUT2D eigenvalue weighted by molar-refractivity contribution is 5.58. The van der Waals surface area contributed by atoms with Crippen LogP contribution in [0.4, 0.5) is 0 Å². The van der Waals surface area contributed by atoms with Crippen LogP contribution in [0.25, 0.3) is 6.08 Å². The van der Waals surface area contributed by atoms with Crippen molar-refractivity contribution >= 4 is 6.08 Å². The topological polar surface area (TPSA) is 0 Å². The molecule has 0 aromatic heterocycles. The summed E-state index contributed by atoms with van der Waals surface area (Å²) in [4.78, 5) is 0. The summed E-state index contributed by atoms with van der Waals surface area (Å²) in [6.07, 6.45) is 12.9. The third kappa shape index (κ3) is 3.04. The summed E-state index contributed by atoms with van der Waals surface area (Å²) < 4.78 is 0. The van der Waals surface area contributed by atoms with Crippen LogP contribution in [0.5, 0.6) is 0 Å². The van der Waals surface area contributed by atoms with E-state index in [4.69, 9.17) is 0 Å². The molecule has 0 heteroatoms. The first-order chi connectivity index (χ1) is 8.86. The molecule has 0 nitrogen and oxygen atoms in total. The van der Waals surface area contributed by atoms with E-state index < -0.39 is 0 Å². The van der Waals surface area contributed by atoms with Crippen molar-refractivity contribution in [1.29, 1.82) is 0 Å². The van der Waals surface area contributed by atoms with Gasteiger partial charge in [0, 0.05) is 0 Å². The van der Waals surface area contributed by atoms with Gasteiger partial charge in [-0.2, -0.15) is 0 Å². The van der Waals surface area contributed by atoms with Crippen molar-refractivity contribution in [2.75, 3.05) is 0 Å². The normalized spacial score (nSPS) is 21.9. The molecule has 2 rings (SSSR count). The molecule has 1 aromatic carbocycles. The van der Waals surface area contributed by atoms with Crippen LogP contribution in [0.1, 0.15) is 69.4 Å². The second-order valence-corrected chi connectivity index (χ2v) is 5.54. The van der Waals surface area contributed by atoms with Crippen molar-refractivity contribution < 1.29 is 0 Å². The second kappa shape index (κ2) is 6.78. The Morgan fingerprint density at radius 3 is 2.44 bits per heavy atom. The Hall–Kier alpha value is -1.04. The zero-order valence-corrected chi connectivity index (χ0v) is 11.9. The van der Waals surface area contributed by atoms with Gasteiger partial charge in [-0.15, -0.1) is 0 Å². The van der Waals surface area contributed by atoms with Crippen molar-refractivity contribution in [1.82, 2.24) is 0 Å². The maximum absolute atomic E-state index is 2.47. The average molecular weight is 242 g/mol. The van der Waals surface area contributed by atoms with Gasteiger partial charge in [0.15, 0.2) is 0 Å². The van der Waals surface area contributed by atoms with E-state index >= 15 is 0 Å². The number of fused-ring (bicyclic) bond motifs is 1. The summed E-state index contributed by atoms with van der Waals surface area (Å²) in [5, 5.41) is 0. The van der Waals surface area contributed by atoms with Gasteiger partial charge in [0.1, 0.15) is 0 Å². The first-order valence-electron chi connectivity index (χ1n) is 7.64. The van der Waals surface area contributed by atoms with Gasteiger partial charge in [0.2, 0.25) is 0 Å². The smallest absolute Gasteiger partial charge is 0.00930 e. The van der Waals surface area contributed by atoms with Gasteiger partial charge in [-0.3, -0.25) is 0 Å². The SMILES string of the molecule is CCCCC1C=Cc2ccccc2C1CCCC. The molecule has 0 spiro atoms. The van der Waals surface area contributed by atoms with Gasteiger partial charge < -0.3 is 0 Å². The molecule has 0 fully saturated rings. The van der Waals surface area contributed by atoms with E-state index in [1.807, 2.05) is 0 Å². The second-order valence-electron chi connectivity index (χ2n) is 5.54. The van der Waals surface area contributed by atoms with Crippen LogP contribution >= 0.6 is 0 Å². The van der Waals surface area contributed by atoms with Crippen LogP contribution in [0.3, 0.4) is 0 Å². The van der Waals surface area contributed by atoms with Crippen molar-refractivity contribution in [3.63, 3.8) is 0 Å². The van der Waals surface area contributed by atoms with E-state index in [0.29, 0.717) is 0 Å². The lowest BCUT2D eigenvalue weighted by Gasteiger charge is -2.30. The molecule has 0 saturated carbocycles. The van der Waals surface area contributed by atoms with Crippen LogP contribution in [0.15, 0.2) is 30.3 Å². The maximum Gasteiger partial charge on any atom is -0.00930 e. The molecule has 1 aliphatic carbocycles. The van der Waals surface area contributed by atoms with Crippen molar-refractivity contribution in [2.24, 2.45) is 5.92 Å². The molecule has 0 radical (unpaired) electrons. The molecule has 0 aliphatic heterocycles. The number of allylic oxidation sites excluding steroid dienone is 1. The lowest BCUT2D eigenvalue weighted by atomic mass is 9.75. The molecule has 0 N–H and O–H groups in total. The van der Waals surface area contributed by atoms with Crippen molar-refractivity contribution in [3.8, 4) is 0 Å². The fourth-order valence-corrected chi connectivity index (χ4v) is 3.12. The third-order valence-electron chi connectivity index (χ3n) is 4.19. The Balaban J connectivity index is 2.17. The summed E-state index contributed by atoms with van der Waals surface area (Å²) in [5.74, 6) is 1.53. The van der Waals surface area contributed by atoms with Gasteiger partial charge in [-0.05, 0) is 35.8 Å². The lowest BCUT2D eigenvalue weighted by Crippen LogP contribution is -2.15. The minimum Gasteiger partial charge on any atom is -0.0802 e. The van der Waals surface area contributed by atoms with Gasteiger partial charge >= 0.3 is 0 Å². The number of benzene rings is 1. The van der Waals surface area contributed by atoms with Crippen LogP contribution < -0.4 is 0 Å². The first kappa shape index (κ1) is 13.4. The predicted octanol–water partition coefficient (Wildman–Crippen LogP) is 5.79. The Labute approximate surface area is 112 Å². The van der Waals surface area contributed by atoms with Gasteiger partial charge in [-0.1, -0.05) is 75.9 Å². The zero-order chi connectivity index (χ0) is 12.8. The first-order valence-corrected chi connectivity index (χ1v) is 7.64. The Bertz CT molecular complexity index is 389. The number of unbranched alkanes of at least 4 members (excludes halogenated alkanes) is 2. The largest absolute Gasteiger partial charge is 0.0802 e. The Morgan fingerprint density at radius 2 is 1.67 bits per heavy atom. The van der Waals surface area contributed by atoms with Crippen LogP contribution in [-0.4, -0.2) is 0 Å². The molecule has 0 saturated heterocycles. The highest BCUT2D eigenvalue weighted by atomic mass is 14.3. The van der Waals surface area contributed by atoms with Crippen molar-refractivity contribution in [3.05, 3.63) is 41.5 Å². The van der Waals surface area contributed by atoms with E-state index in [0.717, 1.165) is 11.8 Å². The molecule has 98 valence electrons. The van der Waals surface area contributed by atoms with E-state index in [1.165, 1.54) is 44.1 Å². The van der Waals surface area contributed by atoms with E-state index in [-0.39, 0.29) is 0 Å². The maximum atomic E-state index is 2.47. The fraction of sp³-hybridized carbons (Fsp3) is 0.556. The van der Waals surface area contributed by atoms with Gasteiger partial charge in [0.25, 0.3) is 0 Å². The molecule has 18 heavy (non-hydrogen) atoms. The molecule has 2 unspecified atom stereocenters. The summed E-state index contributed by atoms with van der Waals surface area (Å²) in [6.45, 7) is 4.59. The molecule has 0 heterocycles. The van der Waals surface area contributed by atoms with Gasteiger partial charge in [-0.25, -0.2) is 0 Å². The summed E-state index contributed by atoms with van der Waals surface area (Å²) in [5.41, 5.74) is 3.04. The molecular formula is C18H26. The molecule has 1 aliphatic rings. The number of hydrogen-bond acceptors (Lipinski definition) is 0. The fourth-order valence-electron chi connectivity index (χ4n) is 3.12. The quantitative estimate of drug-likeness (QED) is 0.592. The standard InChI is InChI=1S/C18H26/c1-3-5-9-15-13-14-16-10-7-8-12-18(16)17(15)11-6-4-2/h7-8,10,12-15,17H,3-6,9,11H2,1-2H3. The summed E-state index contributed by atoms with van der Waals surface area (Å²) >= 11 is 0. The molecule has 2 atom stereocenters. The van der Waals surface area contributed by atoms with Crippen LogP contribution in [0, 0.1) is 5.92 Å². The third-order valence-corrected chi connectivity index (χ3v) is 4.19. The van der Waals surface area contributed by atoms with Crippen LogP contribution in [-0.2, 0) is 0 Å². The number of rotatable bonds is 6. The average Bonchev–Trinajstić information content (AvgIpc) is 2.43. The van der Waals surface area contributed by atoms with E-state index in [9.17, 15) is 0 Å². The molecular weight excluding hydrogens is 216 g/mol. The van der Waals surface area contributed by atoms with Crippen LogP contribution in [0.2, 0.25) is 0 Å². The summed E-state index contributed by atoms with van der Waals surface area (Å²) in [7, 11) is 0. The lowest BCUT2D eigenvalue weighted by molar-refractivity contribution is 0.421. The Kier molecular flexibility index (Phi) is 5.04. The molecule has 0 amide bonds. The monoisotopic (exact) mass is 242 g/mol. The molecule has 1 aromatic rings. The minimum absolute atomic E-state index is 0.762. The van der Waals surface area contributed by atoms with Gasteiger partial charge in [0.05, 0.1) is 0 Å².